The predicted octanol–water partition coefficient (Wildman–Crippen LogP) is 1.68. The van der Waals surface area contributed by atoms with Crippen LogP contribution in [0.2, 0.25) is 0 Å². The summed E-state index contributed by atoms with van der Waals surface area (Å²) in [6.45, 7) is 2.99. The molecule has 1 fully saturated rings. The Morgan fingerprint density at radius 3 is 2.70 bits per heavy atom. The third-order valence-electron chi connectivity index (χ3n) is 5.24. The van der Waals surface area contributed by atoms with Crippen molar-refractivity contribution < 1.29 is 27.2 Å². The Kier molecular flexibility index (Phi) is 5.63. The molecule has 0 bridgehead atoms. The SMILES string of the molecule is CC(NC(=O)c1ccc(S(=O)(=O)N2CCOCC2)o1)c1ccc2c(c1)CCC(=O)N2. The van der Waals surface area contributed by atoms with Crippen molar-refractivity contribution in [3.8, 4) is 0 Å². The first kappa shape index (κ1) is 20.6. The van der Waals surface area contributed by atoms with E-state index >= 15 is 0 Å². The highest BCUT2D eigenvalue weighted by molar-refractivity contribution is 7.89. The van der Waals surface area contributed by atoms with Crippen LogP contribution in [-0.4, -0.2) is 50.8 Å². The Morgan fingerprint density at radius 1 is 1.17 bits per heavy atom. The van der Waals surface area contributed by atoms with Crippen molar-refractivity contribution in [1.82, 2.24) is 9.62 Å². The van der Waals surface area contributed by atoms with Crippen molar-refractivity contribution in [3.05, 3.63) is 47.2 Å². The number of fused-ring (bicyclic) bond motifs is 1. The van der Waals surface area contributed by atoms with Gasteiger partial charge in [0.1, 0.15) is 0 Å². The van der Waals surface area contributed by atoms with Crippen LogP contribution in [0.25, 0.3) is 0 Å². The van der Waals surface area contributed by atoms with Gasteiger partial charge in [-0.15, -0.1) is 0 Å². The van der Waals surface area contributed by atoms with Crippen molar-refractivity contribution in [2.24, 2.45) is 0 Å². The fourth-order valence-corrected chi connectivity index (χ4v) is 4.84. The van der Waals surface area contributed by atoms with Gasteiger partial charge in [-0.2, -0.15) is 4.31 Å². The Hall–Kier alpha value is -2.69. The van der Waals surface area contributed by atoms with Crippen LogP contribution in [0, 0.1) is 0 Å². The minimum Gasteiger partial charge on any atom is -0.438 e. The largest absolute Gasteiger partial charge is 0.438 e. The minimum atomic E-state index is -3.80. The smallest absolute Gasteiger partial charge is 0.287 e. The third-order valence-corrected chi connectivity index (χ3v) is 7.01. The first-order chi connectivity index (χ1) is 14.3. The summed E-state index contributed by atoms with van der Waals surface area (Å²) in [5.41, 5.74) is 2.69. The second kappa shape index (κ2) is 8.21. The zero-order chi connectivity index (χ0) is 21.3. The van der Waals surface area contributed by atoms with E-state index in [9.17, 15) is 18.0 Å². The van der Waals surface area contributed by atoms with E-state index in [1.165, 1.54) is 16.4 Å². The number of nitrogens with one attached hydrogen (secondary N) is 2. The summed E-state index contributed by atoms with van der Waals surface area (Å²) in [5, 5.41) is 5.39. The molecule has 2 aliphatic heterocycles. The van der Waals surface area contributed by atoms with Crippen molar-refractivity contribution >= 4 is 27.5 Å². The maximum atomic E-state index is 12.6. The summed E-state index contributed by atoms with van der Waals surface area (Å²) >= 11 is 0. The molecule has 2 aliphatic rings. The molecular formula is C20H23N3O6S. The molecule has 1 aromatic heterocycles. The molecule has 1 unspecified atom stereocenters. The zero-order valence-corrected chi connectivity index (χ0v) is 17.3. The number of morpholine rings is 1. The molecule has 1 saturated heterocycles. The van der Waals surface area contributed by atoms with Crippen molar-refractivity contribution in [3.63, 3.8) is 0 Å². The fourth-order valence-electron chi connectivity index (χ4n) is 3.52. The number of hydrogen-bond donors (Lipinski definition) is 2. The number of amides is 2. The van der Waals surface area contributed by atoms with E-state index in [4.69, 9.17) is 9.15 Å². The molecule has 9 nitrogen and oxygen atoms in total. The first-order valence-corrected chi connectivity index (χ1v) is 11.2. The number of benzene rings is 1. The molecule has 0 aliphatic carbocycles. The lowest BCUT2D eigenvalue weighted by Gasteiger charge is -2.24. The van der Waals surface area contributed by atoms with Gasteiger partial charge >= 0.3 is 0 Å². The second-order valence-electron chi connectivity index (χ2n) is 7.30. The monoisotopic (exact) mass is 433 g/mol. The normalized spacial score (nSPS) is 18.4. The summed E-state index contributed by atoms with van der Waals surface area (Å²) < 4.78 is 37.1. The Labute approximate surface area is 174 Å². The van der Waals surface area contributed by atoms with Crippen LogP contribution in [0.4, 0.5) is 5.69 Å². The topological polar surface area (TPSA) is 118 Å². The third kappa shape index (κ3) is 4.11. The van der Waals surface area contributed by atoms with E-state index < -0.39 is 15.9 Å². The van der Waals surface area contributed by atoms with E-state index in [1.54, 1.807) is 0 Å². The van der Waals surface area contributed by atoms with Gasteiger partial charge in [0.25, 0.3) is 15.9 Å². The molecule has 10 heteroatoms. The van der Waals surface area contributed by atoms with Gasteiger partial charge in [0, 0.05) is 25.2 Å². The van der Waals surface area contributed by atoms with Gasteiger partial charge in [0.05, 0.1) is 19.3 Å². The van der Waals surface area contributed by atoms with Crippen LogP contribution < -0.4 is 10.6 Å². The van der Waals surface area contributed by atoms with Crippen molar-refractivity contribution in [2.45, 2.75) is 30.9 Å². The molecule has 4 rings (SSSR count). The summed E-state index contributed by atoms with van der Waals surface area (Å²) in [7, 11) is -3.80. The molecule has 2 aromatic rings. The molecule has 30 heavy (non-hydrogen) atoms. The minimum absolute atomic E-state index is 0.00254. The Bertz CT molecular complexity index is 1070. The molecule has 0 saturated carbocycles. The average Bonchev–Trinajstić information content (AvgIpc) is 3.25. The van der Waals surface area contributed by atoms with Gasteiger partial charge in [0.2, 0.25) is 11.0 Å². The zero-order valence-electron chi connectivity index (χ0n) is 16.5. The van der Waals surface area contributed by atoms with Gasteiger partial charge < -0.3 is 19.8 Å². The number of furan rings is 1. The van der Waals surface area contributed by atoms with Gasteiger partial charge in [-0.05, 0) is 42.7 Å². The van der Waals surface area contributed by atoms with Crippen LogP contribution in [-0.2, 0) is 26.0 Å². The predicted molar refractivity (Wildman–Crippen MR) is 108 cm³/mol. The number of ether oxygens (including phenoxy) is 1. The number of carbonyl (C=O) groups is 2. The molecule has 2 amide bonds. The van der Waals surface area contributed by atoms with E-state index in [2.05, 4.69) is 10.6 Å². The highest BCUT2D eigenvalue weighted by atomic mass is 32.2. The maximum absolute atomic E-state index is 12.6. The molecule has 0 radical (unpaired) electrons. The van der Waals surface area contributed by atoms with E-state index in [-0.39, 0.29) is 35.9 Å². The van der Waals surface area contributed by atoms with Gasteiger partial charge in [-0.3, -0.25) is 9.59 Å². The van der Waals surface area contributed by atoms with Crippen LogP contribution in [0.1, 0.15) is 41.1 Å². The number of rotatable bonds is 5. The van der Waals surface area contributed by atoms with E-state index in [0.29, 0.717) is 26.1 Å². The molecule has 0 spiro atoms. The van der Waals surface area contributed by atoms with Crippen LogP contribution in [0.15, 0.2) is 39.8 Å². The van der Waals surface area contributed by atoms with Gasteiger partial charge in [-0.1, -0.05) is 12.1 Å². The van der Waals surface area contributed by atoms with Crippen molar-refractivity contribution in [2.75, 3.05) is 31.6 Å². The van der Waals surface area contributed by atoms with Crippen LogP contribution in [0.5, 0.6) is 0 Å². The Morgan fingerprint density at radius 2 is 1.93 bits per heavy atom. The summed E-state index contributed by atoms with van der Waals surface area (Å²) in [6.07, 6.45) is 1.08. The number of nitrogens with zero attached hydrogens (tertiary/aromatic N) is 1. The standard InChI is InChI=1S/C20H23N3O6S/c1-13(14-2-4-16-15(12-14)3-6-18(24)22-16)21-20(25)17-5-7-19(29-17)30(26,27)23-8-10-28-11-9-23/h2,4-5,7,12-13H,3,6,8-11H2,1H3,(H,21,25)(H,22,24). The number of hydrogen-bond acceptors (Lipinski definition) is 6. The number of aryl methyl sites for hydroxylation is 1. The molecule has 2 N–H and O–H groups in total. The molecular weight excluding hydrogens is 410 g/mol. The van der Waals surface area contributed by atoms with E-state index in [0.717, 1.165) is 16.8 Å². The molecule has 1 aromatic carbocycles. The number of anilines is 1. The lowest BCUT2D eigenvalue weighted by Crippen LogP contribution is -2.40. The highest BCUT2D eigenvalue weighted by Gasteiger charge is 2.30. The van der Waals surface area contributed by atoms with Gasteiger partial charge in [0.15, 0.2) is 5.76 Å². The highest BCUT2D eigenvalue weighted by Crippen LogP contribution is 2.26. The van der Waals surface area contributed by atoms with Crippen LogP contribution in [0.3, 0.4) is 0 Å². The summed E-state index contributed by atoms with van der Waals surface area (Å²) in [4.78, 5) is 24.1. The van der Waals surface area contributed by atoms with Gasteiger partial charge in [-0.25, -0.2) is 8.42 Å². The van der Waals surface area contributed by atoms with E-state index in [1.807, 2.05) is 25.1 Å². The Balaban J connectivity index is 1.45. The first-order valence-electron chi connectivity index (χ1n) is 9.76. The molecule has 1 atom stereocenters. The number of carbonyl (C=O) groups excluding carboxylic acids is 2. The lowest BCUT2D eigenvalue weighted by atomic mass is 9.98. The quantitative estimate of drug-likeness (QED) is 0.741. The molecule has 160 valence electrons. The average molecular weight is 433 g/mol. The maximum Gasteiger partial charge on any atom is 0.287 e. The van der Waals surface area contributed by atoms with Crippen LogP contribution >= 0.6 is 0 Å². The van der Waals surface area contributed by atoms with Crippen molar-refractivity contribution in [1.29, 1.82) is 0 Å². The number of sulfonamides is 1. The summed E-state index contributed by atoms with van der Waals surface area (Å²) in [5.74, 6) is -0.576. The second-order valence-corrected chi connectivity index (χ2v) is 9.16. The lowest BCUT2D eigenvalue weighted by molar-refractivity contribution is -0.116. The summed E-state index contributed by atoms with van der Waals surface area (Å²) in [6, 6.07) is 7.94. The molecule has 3 heterocycles. The fraction of sp³-hybridized carbons (Fsp3) is 0.400.